The Morgan fingerprint density at radius 1 is 1.17 bits per heavy atom. The molecule has 0 bridgehead atoms. The molecule has 2 aromatic heterocycles. The number of methoxy groups -OCH3 is 1. The zero-order valence-corrected chi connectivity index (χ0v) is 16.4. The molecule has 1 fully saturated rings. The number of carbonyl (C=O) groups excluding carboxylic acids is 1. The number of ether oxygens (including phenoxy) is 2. The minimum atomic E-state index is -0.0244. The van der Waals surface area contributed by atoms with Crippen molar-refractivity contribution in [1.29, 1.82) is 0 Å². The zero-order chi connectivity index (χ0) is 20.1. The Labute approximate surface area is 169 Å². The van der Waals surface area contributed by atoms with Gasteiger partial charge in [0.2, 0.25) is 0 Å². The van der Waals surface area contributed by atoms with E-state index in [0.717, 1.165) is 36.6 Å². The summed E-state index contributed by atoms with van der Waals surface area (Å²) in [5, 5.41) is 0. The highest BCUT2D eigenvalue weighted by Crippen LogP contribution is 2.32. The Kier molecular flexibility index (Phi) is 5.86. The molecule has 1 aliphatic heterocycles. The van der Waals surface area contributed by atoms with Gasteiger partial charge in [-0.3, -0.25) is 9.36 Å². The molecule has 7 nitrogen and oxygen atoms in total. The molecule has 1 aromatic carbocycles. The van der Waals surface area contributed by atoms with Crippen LogP contribution < -0.4 is 4.74 Å². The minimum absolute atomic E-state index is 0.0192. The molecule has 0 aliphatic carbocycles. The van der Waals surface area contributed by atoms with E-state index in [1.165, 1.54) is 0 Å². The molecular formula is C22H24N4O3. The number of carbonyl (C=O) groups is 1. The molecule has 1 aliphatic rings. The van der Waals surface area contributed by atoms with Crippen molar-refractivity contribution in [3.63, 3.8) is 0 Å². The lowest BCUT2D eigenvalue weighted by atomic mass is 10.1. The van der Waals surface area contributed by atoms with E-state index in [0.29, 0.717) is 18.8 Å². The Hall–Kier alpha value is -3.19. The van der Waals surface area contributed by atoms with Crippen molar-refractivity contribution in [2.75, 3.05) is 26.9 Å². The molecule has 150 valence electrons. The van der Waals surface area contributed by atoms with Crippen molar-refractivity contribution < 1.29 is 14.3 Å². The van der Waals surface area contributed by atoms with E-state index >= 15 is 0 Å². The topological polar surface area (TPSA) is 69.5 Å². The van der Waals surface area contributed by atoms with Gasteiger partial charge in [-0.25, -0.2) is 9.97 Å². The van der Waals surface area contributed by atoms with Gasteiger partial charge in [-0.2, -0.15) is 0 Å². The summed E-state index contributed by atoms with van der Waals surface area (Å²) in [5.74, 6) is 1.55. The second-order valence-electron chi connectivity index (χ2n) is 6.91. The molecule has 4 rings (SSSR count). The smallest absolute Gasteiger partial charge is 0.254 e. The number of pyridine rings is 1. The Morgan fingerprint density at radius 2 is 2.03 bits per heavy atom. The molecule has 0 spiro atoms. The molecule has 0 radical (unpaired) electrons. The average Bonchev–Trinajstić information content (AvgIpc) is 3.46. The summed E-state index contributed by atoms with van der Waals surface area (Å²) >= 11 is 0. The van der Waals surface area contributed by atoms with E-state index < -0.39 is 0 Å². The minimum Gasteiger partial charge on any atom is -0.491 e. The van der Waals surface area contributed by atoms with Gasteiger partial charge in [0.1, 0.15) is 24.5 Å². The molecule has 3 heterocycles. The average molecular weight is 392 g/mol. The Balaban J connectivity index is 1.50. The number of nitrogens with zero attached hydrogens (tertiary/aromatic N) is 4. The lowest BCUT2D eigenvalue weighted by Gasteiger charge is -2.25. The second kappa shape index (κ2) is 8.87. The van der Waals surface area contributed by atoms with Crippen molar-refractivity contribution in [2.24, 2.45) is 0 Å². The SMILES string of the molecule is COCCOc1ccc(C(=O)N2CCCC2c2cccc(-n3ccnc3)n2)cc1. The van der Waals surface area contributed by atoms with Crippen LogP contribution >= 0.6 is 0 Å². The number of benzene rings is 1. The van der Waals surface area contributed by atoms with Crippen molar-refractivity contribution >= 4 is 5.91 Å². The molecule has 0 N–H and O–H groups in total. The highest BCUT2D eigenvalue weighted by molar-refractivity contribution is 5.94. The lowest BCUT2D eigenvalue weighted by Crippen LogP contribution is -2.31. The standard InChI is InChI=1S/C22H24N4O3/c1-28-14-15-29-18-9-7-17(8-10-18)22(27)26-12-3-5-20(26)19-4-2-6-21(24-19)25-13-11-23-16-25/h2,4,6-11,13,16,20H,3,5,12,14-15H2,1H3. The third kappa shape index (κ3) is 4.30. The molecule has 0 saturated carbocycles. The number of rotatable bonds is 7. The first-order chi connectivity index (χ1) is 14.3. The Bertz CT molecular complexity index is 941. The number of hydrogen-bond acceptors (Lipinski definition) is 5. The molecule has 1 saturated heterocycles. The maximum absolute atomic E-state index is 13.1. The fourth-order valence-corrected chi connectivity index (χ4v) is 3.58. The zero-order valence-electron chi connectivity index (χ0n) is 16.4. The van der Waals surface area contributed by atoms with Gasteiger partial charge < -0.3 is 14.4 Å². The van der Waals surface area contributed by atoms with Crippen LogP contribution in [0.25, 0.3) is 5.82 Å². The van der Waals surface area contributed by atoms with Gasteiger partial charge in [-0.15, -0.1) is 0 Å². The van der Waals surface area contributed by atoms with Gasteiger partial charge in [0.15, 0.2) is 0 Å². The van der Waals surface area contributed by atoms with Crippen LogP contribution in [-0.2, 0) is 4.74 Å². The summed E-state index contributed by atoms with van der Waals surface area (Å²) in [7, 11) is 1.64. The normalized spacial score (nSPS) is 16.2. The molecular weight excluding hydrogens is 368 g/mol. The summed E-state index contributed by atoms with van der Waals surface area (Å²) < 4.78 is 12.4. The third-order valence-electron chi connectivity index (χ3n) is 5.04. The maximum Gasteiger partial charge on any atom is 0.254 e. The van der Waals surface area contributed by atoms with Gasteiger partial charge in [0.25, 0.3) is 5.91 Å². The van der Waals surface area contributed by atoms with Gasteiger partial charge in [0, 0.05) is 31.6 Å². The summed E-state index contributed by atoms with van der Waals surface area (Å²) in [5.41, 5.74) is 1.56. The van der Waals surface area contributed by atoms with Gasteiger partial charge in [-0.1, -0.05) is 6.07 Å². The fraction of sp³-hybridized carbons (Fsp3) is 0.318. The van der Waals surface area contributed by atoms with E-state index in [4.69, 9.17) is 14.5 Å². The molecule has 29 heavy (non-hydrogen) atoms. The number of hydrogen-bond donors (Lipinski definition) is 0. The second-order valence-corrected chi connectivity index (χ2v) is 6.91. The molecule has 1 amide bonds. The van der Waals surface area contributed by atoms with Crippen LogP contribution in [0.5, 0.6) is 5.75 Å². The van der Waals surface area contributed by atoms with Gasteiger partial charge >= 0.3 is 0 Å². The maximum atomic E-state index is 13.1. The van der Waals surface area contributed by atoms with E-state index in [1.54, 1.807) is 19.6 Å². The van der Waals surface area contributed by atoms with Crippen LogP contribution in [0, 0.1) is 0 Å². The van der Waals surface area contributed by atoms with Crippen molar-refractivity contribution in [3.8, 4) is 11.6 Å². The summed E-state index contributed by atoms with van der Waals surface area (Å²) in [6.07, 6.45) is 7.18. The van der Waals surface area contributed by atoms with Crippen LogP contribution in [0.2, 0.25) is 0 Å². The number of imidazole rings is 1. The largest absolute Gasteiger partial charge is 0.491 e. The summed E-state index contributed by atoms with van der Waals surface area (Å²) in [6, 6.07) is 13.2. The first-order valence-electron chi connectivity index (χ1n) is 9.74. The Morgan fingerprint density at radius 3 is 2.79 bits per heavy atom. The van der Waals surface area contributed by atoms with Crippen molar-refractivity contribution in [3.05, 3.63) is 72.4 Å². The summed E-state index contributed by atoms with van der Waals surface area (Å²) in [4.78, 5) is 23.9. The first-order valence-corrected chi connectivity index (χ1v) is 9.74. The lowest BCUT2D eigenvalue weighted by molar-refractivity contribution is 0.0733. The molecule has 1 atom stereocenters. The monoisotopic (exact) mass is 392 g/mol. The predicted molar refractivity (Wildman–Crippen MR) is 108 cm³/mol. The van der Waals surface area contributed by atoms with E-state index in [2.05, 4.69) is 4.98 Å². The predicted octanol–water partition coefficient (Wildman–Crippen LogP) is 3.27. The van der Waals surface area contributed by atoms with Gasteiger partial charge in [-0.05, 0) is 49.2 Å². The number of aromatic nitrogens is 3. The summed E-state index contributed by atoms with van der Waals surface area (Å²) in [6.45, 7) is 1.74. The highest BCUT2D eigenvalue weighted by Gasteiger charge is 2.31. The van der Waals surface area contributed by atoms with Crippen LogP contribution in [0.4, 0.5) is 0 Å². The molecule has 7 heteroatoms. The fourth-order valence-electron chi connectivity index (χ4n) is 3.58. The van der Waals surface area contributed by atoms with Crippen LogP contribution in [-0.4, -0.2) is 52.2 Å². The van der Waals surface area contributed by atoms with Crippen molar-refractivity contribution in [1.82, 2.24) is 19.4 Å². The van der Waals surface area contributed by atoms with Crippen molar-refractivity contribution in [2.45, 2.75) is 18.9 Å². The van der Waals surface area contributed by atoms with E-state index in [9.17, 15) is 4.79 Å². The van der Waals surface area contributed by atoms with E-state index in [-0.39, 0.29) is 11.9 Å². The molecule has 1 unspecified atom stereocenters. The van der Waals surface area contributed by atoms with E-state index in [1.807, 2.05) is 58.1 Å². The third-order valence-corrected chi connectivity index (χ3v) is 5.04. The first kappa shape index (κ1) is 19.1. The number of likely N-dealkylation sites (tertiary alicyclic amines) is 1. The van der Waals surface area contributed by atoms with Gasteiger partial charge in [0.05, 0.1) is 18.3 Å². The quantitative estimate of drug-likeness (QED) is 0.577. The highest BCUT2D eigenvalue weighted by atomic mass is 16.5. The number of amides is 1. The van der Waals surface area contributed by atoms with Crippen LogP contribution in [0.15, 0.2) is 61.2 Å². The van der Waals surface area contributed by atoms with Crippen LogP contribution in [0.3, 0.4) is 0 Å². The molecule has 3 aromatic rings. The van der Waals surface area contributed by atoms with Crippen LogP contribution in [0.1, 0.15) is 34.9 Å².